The van der Waals surface area contributed by atoms with Crippen molar-refractivity contribution in [2.75, 3.05) is 0 Å². The first-order valence-corrected chi connectivity index (χ1v) is 3.99. The van der Waals surface area contributed by atoms with Crippen LogP contribution < -0.4 is 0 Å². The van der Waals surface area contributed by atoms with Gasteiger partial charge in [-0.05, 0) is 6.42 Å². The fourth-order valence-corrected chi connectivity index (χ4v) is 0.880. The first-order chi connectivity index (χ1) is 4.77. The van der Waals surface area contributed by atoms with Crippen LogP contribution in [-0.2, 0) is 4.79 Å². The third-order valence-electron chi connectivity index (χ3n) is 1.49. The summed E-state index contributed by atoms with van der Waals surface area (Å²) in [6.45, 7) is 2.15. The second-order valence-electron chi connectivity index (χ2n) is 2.56. The van der Waals surface area contributed by atoms with Crippen molar-refractivity contribution in [1.29, 1.82) is 0 Å². The average molecular weight is 192 g/mol. The van der Waals surface area contributed by atoms with Gasteiger partial charge in [-0.2, -0.15) is 0 Å². The van der Waals surface area contributed by atoms with E-state index < -0.39 is 5.97 Å². The van der Waals surface area contributed by atoms with Gasteiger partial charge in [-0.15, -0.1) is 0 Å². The van der Waals surface area contributed by atoms with Crippen molar-refractivity contribution < 1.29 is 9.90 Å². The molecule has 0 spiro atoms. The zero-order valence-electron chi connectivity index (χ0n) is 6.60. The van der Waals surface area contributed by atoms with E-state index >= 15 is 0 Å². The van der Waals surface area contributed by atoms with Gasteiger partial charge in [-0.1, -0.05) is 32.6 Å². The summed E-state index contributed by atoms with van der Waals surface area (Å²) in [5.41, 5.74) is 0. The third kappa shape index (κ3) is 17.5. The summed E-state index contributed by atoms with van der Waals surface area (Å²) >= 11 is 0. The van der Waals surface area contributed by atoms with E-state index in [1.807, 2.05) is 0 Å². The number of aliphatic carboxylic acids is 1. The van der Waals surface area contributed by atoms with Gasteiger partial charge in [0.15, 0.2) is 0 Å². The molecule has 0 aliphatic rings. The molecular formula is C8H18Na2O2. The van der Waals surface area contributed by atoms with Crippen LogP contribution in [0, 0.1) is 0 Å². The van der Waals surface area contributed by atoms with E-state index in [2.05, 4.69) is 6.92 Å². The maximum atomic E-state index is 10.0. The Bertz CT molecular complexity index is 97.1. The molecule has 0 aromatic heterocycles. The molecule has 12 heavy (non-hydrogen) atoms. The van der Waals surface area contributed by atoms with Gasteiger partial charge in [-0.25, -0.2) is 0 Å². The van der Waals surface area contributed by atoms with Gasteiger partial charge in [0.2, 0.25) is 0 Å². The monoisotopic (exact) mass is 192 g/mol. The van der Waals surface area contributed by atoms with E-state index in [1.165, 1.54) is 19.3 Å². The van der Waals surface area contributed by atoms with Crippen LogP contribution in [0.1, 0.15) is 45.4 Å². The van der Waals surface area contributed by atoms with Crippen LogP contribution in [0.15, 0.2) is 0 Å². The summed E-state index contributed by atoms with van der Waals surface area (Å²) in [6.07, 6.45) is 5.88. The van der Waals surface area contributed by atoms with Crippen molar-refractivity contribution in [1.82, 2.24) is 0 Å². The van der Waals surface area contributed by atoms with Crippen LogP contribution in [0.3, 0.4) is 0 Å². The van der Waals surface area contributed by atoms with Gasteiger partial charge < -0.3 is 5.11 Å². The van der Waals surface area contributed by atoms with Crippen LogP contribution in [0.25, 0.3) is 0 Å². The van der Waals surface area contributed by atoms with Crippen LogP contribution in [0.4, 0.5) is 0 Å². The van der Waals surface area contributed by atoms with Crippen LogP contribution in [-0.4, -0.2) is 70.2 Å². The van der Waals surface area contributed by atoms with Gasteiger partial charge in [0.25, 0.3) is 0 Å². The van der Waals surface area contributed by atoms with Crippen molar-refractivity contribution in [3.05, 3.63) is 0 Å². The van der Waals surface area contributed by atoms with Gasteiger partial charge in [0.05, 0.1) is 0 Å². The minimum atomic E-state index is -0.670. The van der Waals surface area contributed by atoms with E-state index in [1.54, 1.807) is 0 Å². The van der Waals surface area contributed by atoms with Crippen molar-refractivity contribution >= 4 is 65.1 Å². The van der Waals surface area contributed by atoms with E-state index in [4.69, 9.17) is 5.11 Å². The van der Waals surface area contributed by atoms with E-state index in [0.717, 1.165) is 12.8 Å². The summed E-state index contributed by atoms with van der Waals surface area (Å²) in [6, 6.07) is 0. The summed E-state index contributed by atoms with van der Waals surface area (Å²) in [5.74, 6) is -0.670. The van der Waals surface area contributed by atoms with Crippen LogP contribution >= 0.6 is 0 Å². The SMILES string of the molecule is CCCCCCCC(=O)O.[NaH].[NaH]. The fraction of sp³-hybridized carbons (Fsp3) is 0.875. The number of hydrogen-bond donors (Lipinski definition) is 1. The van der Waals surface area contributed by atoms with Crippen molar-refractivity contribution in [2.24, 2.45) is 0 Å². The van der Waals surface area contributed by atoms with Gasteiger partial charge >= 0.3 is 65.1 Å². The van der Waals surface area contributed by atoms with Crippen LogP contribution in [0.2, 0.25) is 0 Å². The molecule has 0 saturated carbocycles. The number of carbonyl (C=O) groups is 1. The quantitative estimate of drug-likeness (QED) is 0.506. The molecule has 64 valence electrons. The van der Waals surface area contributed by atoms with Gasteiger partial charge in [-0.3, -0.25) is 4.79 Å². The van der Waals surface area contributed by atoms with Crippen LogP contribution in [0.5, 0.6) is 0 Å². The molecule has 0 unspecified atom stereocenters. The van der Waals surface area contributed by atoms with Crippen molar-refractivity contribution in [3.8, 4) is 0 Å². The first kappa shape index (κ1) is 19.1. The van der Waals surface area contributed by atoms with Crippen molar-refractivity contribution in [2.45, 2.75) is 45.4 Å². The van der Waals surface area contributed by atoms with E-state index in [0.29, 0.717) is 6.42 Å². The fourth-order valence-electron chi connectivity index (χ4n) is 0.880. The molecule has 0 aliphatic heterocycles. The molecule has 0 fully saturated rings. The maximum absolute atomic E-state index is 10.0. The summed E-state index contributed by atoms with van der Waals surface area (Å²) in [5, 5.41) is 8.27. The molecule has 0 saturated heterocycles. The molecule has 0 amide bonds. The summed E-state index contributed by atoms with van der Waals surface area (Å²) in [4.78, 5) is 10.0. The minimum absolute atomic E-state index is 0. The first-order valence-electron chi connectivity index (χ1n) is 3.99. The molecule has 0 aromatic carbocycles. The number of carboxylic acid groups (broad SMARTS) is 1. The topological polar surface area (TPSA) is 37.3 Å². The normalized spacial score (nSPS) is 8.08. The third-order valence-corrected chi connectivity index (χ3v) is 1.49. The Kier molecular flexibility index (Phi) is 23.8. The van der Waals surface area contributed by atoms with E-state index in [-0.39, 0.29) is 59.1 Å². The molecule has 4 heteroatoms. The Morgan fingerprint density at radius 1 is 1.08 bits per heavy atom. The summed E-state index contributed by atoms with van der Waals surface area (Å²) in [7, 11) is 0. The Labute approximate surface area is 119 Å². The molecule has 0 radical (unpaired) electrons. The number of hydrogen-bond acceptors (Lipinski definition) is 1. The molecule has 0 rings (SSSR count). The molecule has 0 atom stereocenters. The van der Waals surface area contributed by atoms with Gasteiger partial charge in [0.1, 0.15) is 0 Å². The molecule has 2 nitrogen and oxygen atoms in total. The number of rotatable bonds is 6. The second-order valence-corrected chi connectivity index (χ2v) is 2.56. The number of unbranched alkanes of at least 4 members (excludes halogenated alkanes) is 4. The number of carboxylic acids is 1. The zero-order chi connectivity index (χ0) is 7.82. The Hall–Kier alpha value is 1.47. The van der Waals surface area contributed by atoms with Gasteiger partial charge in [0, 0.05) is 6.42 Å². The van der Waals surface area contributed by atoms with Crippen molar-refractivity contribution in [3.63, 3.8) is 0 Å². The average Bonchev–Trinajstić information content (AvgIpc) is 1.87. The predicted octanol–water partition coefficient (Wildman–Crippen LogP) is 1.13. The predicted molar refractivity (Wildman–Crippen MR) is 55.3 cm³/mol. The molecule has 0 bridgehead atoms. The Morgan fingerprint density at radius 2 is 1.58 bits per heavy atom. The van der Waals surface area contributed by atoms with E-state index in [9.17, 15) is 4.79 Å². The molecular weight excluding hydrogens is 174 g/mol. The molecule has 0 aromatic rings. The standard InChI is InChI=1S/C8H16O2.2Na.2H/c1-2-3-4-5-6-7-8(9)10;;;;/h2-7H2,1H3,(H,9,10);;;;. The zero-order valence-corrected chi connectivity index (χ0v) is 6.60. The Morgan fingerprint density at radius 3 is 2.00 bits per heavy atom. The Balaban J connectivity index is -0.000000405. The summed E-state index contributed by atoms with van der Waals surface area (Å²) < 4.78 is 0. The second kappa shape index (κ2) is 15.0. The molecule has 0 heterocycles. The molecule has 1 N–H and O–H groups in total. The molecule has 0 aliphatic carbocycles.